The van der Waals surface area contributed by atoms with Crippen molar-refractivity contribution in [2.75, 3.05) is 12.4 Å². The van der Waals surface area contributed by atoms with Gasteiger partial charge in [-0.15, -0.1) is 0 Å². The van der Waals surface area contributed by atoms with Crippen molar-refractivity contribution in [2.24, 2.45) is 0 Å². The smallest absolute Gasteiger partial charge is 0.379 e. The average Bonchev–Trinajstić information content (AvgIpc) is 2.82. The second-order valence-corrected chi connectivity index (χ2v) is 4.91. The van der Waals surface area contributed by atoms with Gasteiger partial charge in [-0.25, -0.2) is 4.79 Å². The highest BCUT2D eigenvalue weighted by molar-refractivity contribution is 9.09. The highest BCUT2D eigenvalue weighted by Gasteiger charge is 2.21. The Bertz CT molecular complexity index is 618. The van der Waals surface area contributed by atoms with Gasteiger partial charge in [0.2, 0.25) is 0 Å². The van der Waals surface area contributed by atoms with Gasteiger partial charge in [-0.2, -0.15) is 0 Å². The number of aryl methyl sites for hydroxylation is 1. The van der Waals surface area contributed by atoms with E-state index < -0.39 is 11.8 Å². The Labute approximate surface area is 119 Å². The molecule has 0 aliphatic carbocycles. The molecule has 0 amide bonds. The second-order valence-electron chi connectivity index (χ2n) is 4.12. The number of carbonyl (C=O) groups excluding carboxylic acids is 2. The molecule has 0 saturated heterocycles. The molecule has 1 aromatic carbocycles. The fourth-order valence-electron chi connectivity index (χ4n) is 2.05. The lowest BCUT2D eigenvalue weighted by Gasteiger charge is -2.02. The number of carbonyl (C=O) groups is 2. The standard InChI is InChI=1S/C14H14BrNO3/c1-19-14(18)13(17)11-9-16(8-4-7-15)12-6-3-2-5-10(11)12/h2-3,5-6,9H,4,7-8H2,1H3. The number of fused-ring (bicyclic) bond motifs is 1. The van der Waals surface area contributed by atoms with Gasteiger partial charge in [0.1, 0.15) is 0 Å². The molecular formula is C14H14BrNO3. The topological polar surface area (TPSA) is 48.3 Å². The number of aromatic nitrogens is 1. The number of Topliss-reactive ketones (excluding diaryl/α,β-unsaturated/α-hetero) is 1. The summed E-state index contributed by atoms with van der Waals surface area (Å²) in [5, 5.41) is 1.67. The van der Waals surface area contributed by atoms with Crippen LogP contribution in [-0.2, 0) is 16.1 Å². The van der Waals surface area contributed by atoms with E-state index in [1.54, 1.807) is 6.20 Å². The quantitative estimate of drug-likeness (QED) is 0.368. The Morgan fingerprint density at radius 1 is 1.32 bits per heavy atom. The molecule has 1 aromatic heterocycles. The number of ether oxygens (including phenoxy) is 1. The molecule has 2 rings (SSSR count). The summed E-state index contributed by atoms with van der Waals surface area (Å²) in [6, 6.07) is 7.55. The van der Waals surface area contributed by atoms with Gasteiger partial charge in [0.05, 0.1) is 12.7 Å². The number of rotatable bonds is 5. The minimum atomic E-state index is -0.830. The van der Waals surface area contributed by atoms with E-state index in [-0.39, 0.29) is 0 Å². The zero-order chi connectivity index (χ0) is 13.8. The molecule has 0 atom stereocenters. The van der Waals surface area contributed by atoms with Crippen LogP contribution in [-0.4, -0.2) is 28.8 Å². The van der Waals surface area contributed by atoms with Crippen LogP contribution in [0, 0.1) is 0 Å². The van der Waals surface area contributed by atoms with Gasteiger partial charge >= 0.3 is 5.97 Å². The van der Waals surface area contributed by atoms with Crippen molar-refractivity contribution in [3.8, 4) is 0 Å². The lowest BCUT2D eigenvalue weighted by Crippen LogP contribution is -2.15. The molecule has 19 heavy (non-hydrogen) atoms. The van der Waals surface area contributed by atoms with Crippen LogP contribution < -0.4 is 0 Å². The first-order valence-corrected chi connectivity index (χ1v) is 7.07. The Kier molecular flexibility index (Phi) is 4.37. The van der Waals surface area contributed by atoms with Crippen molar-refractivity contribution in [2.45, 2.75) is 13.0 Å². The predicted molar refractivity (Wildman–Crippen MR) is 76.7 cm³/mol. The average molecular weight is 324 g/mol. The Balaban J connectivity index is 2.49. The number of para-hydroxylation sites is 1. The van der Waals surface area contributed by atoms with Crippen molar-refractivity contribution >= 4 is 38.6 Å². The van der Waals surface area contributed by atoms with Crippen LogP contribution in [0.1, 0.15) is 16.8 Å². The molecule has 4 nitrogen and oxygen atoms in total. The molecule has 0 radical (unpaired) electrons. The summed E-state index contributed by atoms with van der Waals surface area (Å²) in [6.45, 7) is 0.792. The maximum Gasteiger partial charge on any atom is 0.379 e. The summed E-state index contributed by atoms with van der Waals surface area (Å²) in [5.74, 6) is -1.43. The van der Waals surface area contributed by atoms with Gasteiger partial charge in [-0.3, -0.25) is 4.79 Å². The summed E-state index contributed by atoms with van der Waals surface area (Å²) in [4.78, 5) is 23.4. The summed E-state index contributed by atoms with van der Waals surface area (Å²) in [5.41, 5.74) is 1.35. The molecule has 0 fully saturated rings. The van der Waals surface area contributed by atoms with Crippen LogP contribution in [0.2, 0.25) is 0 Å². The highest BCUT2D eigenvalue weighted by atomic mass is 79.9. The van der Waals surface area contributed by atoms with E-state index in [1.165, 1.54) is 7.11 Å². The zero-order valence-electron chi connectivity index (χ0n) is 10.6. The van der Waals surface area contributed by atoms with E-state index in [0.29, 0.717) is 5.56 Å². The maximum atomic E-state index is 12.0. The third-order valence-electron chi connectivity index (χ3n) is 2.94. The molecule has 1 heterocycles. The van der Waals surface area contributed by atoms with Crippen molar-refractivity contribution in [1.29, 1.82) is 0 Å². The first-order chi connectivity index (χ1) is 9.19. The van der Waals surface area contributed by atoms with Gasteiger partial charge < -0.3 is 9.30 Å². The minimum Gasteiger partial charge on any atom is -0.463 e. The molecule has 0 bridgehead atoms. The van der Waals surface area contributed by atoms with Gasteiger partial charge in [0, 0.05) is 29.0 Å². The number of benzene rings is 1. The van der Waals surface area contributed by atoms with Crippen LogP contribution >= 0.6 is 15.9 Å². The van der Waals surface area contributed by atoms with Gasteiger partial charge in [-0.05, 0) is 12.5 Å². The van der Waals surface area contributed by atoms with Crippen LogP contribution in [0.4, 0.5) is 0 Å². The van der Waals surface area contributed by atoms with E-state index in [2.05, 4.69) is 20.7 Å². The van der Waals surface area contributed by atoms with E-state index in [1.807, 2.05) is 28.8 Å². The minimum absolute atomic E-state index is 0.400. The number of hydrogen-bond acceptors (Lipinski definition) is 3. The fraction of sp³-hybridized carbons (Fsp3) is 0.286. The molecule has 5 heteroatoms. The summed E-state index contributed by atoms with van der Waals surface area (Å²) >= 11 is 3.39. The van der Waals surface area contributed by atoms with Crippen LogP contribution in [0.5, 0.6) is 0 Å². The zero-order valence-corrected chi connectivity index (χ0v) is 12.1. The van der Waals surface area contributed by atoms with Crippen molar-refractivity contribution < 1.29 is 14.3 Å². The van der Waals surface area contributed by atoms with Crippen molar-refractivity contribution in [1.82, 2.24) is 4.57 Å². The SMILES string of the molecule is COC(=O)C(=O)c1cn(CCCBr)c2ccccc12. The first kappa shape index (κ1) is 13.8. The molecule has 0 N–H and O–H groups in total. The van der Waals surface area contributed by atoms with E-state index in [9.17, 15) is 9.59 Å². The Hall–Kier alpha value is -1.62. The van der Waals surface area contributed by atoms with Crippen molar-refractivity contribution in [3.05, 3.63) is 36.0 Å². The largest absolute Gasteiger partial charge is 0.463 e. The van der Waals surface area contributed by atoms with E-state index in [4.69, 9.17) is 0 Å². The molecule has 0 saturated carbocycles. The molecule has 0 aliphatic rings. The molecular weight excluding hydrogens is 310 g/mol. The van der Waals surface area contributed by atoms with Crippen LogP contribution in [0.3, 0.4) is 0 Å². The lowest BCUT2D eigenvalue weighted by molar-refractivity contribution is -0.135. The Morgan fingerprint density at radius 3 is 2.74 bits per heavy atom. The van der Waals surface area contributed by atoms with Crippen LogP contribution in [0.25, 0.3) is 10.9 Å². The first-order valence-electron chi connectivity index (χ1n) is 5.95. The van der Waals surface area contributed by atoms with Gasteiger partial charge in [0.25, 0.3) is 5.78 Å². The summed E-state index contributed by atoms with van der Waals surface area (Å²) < 4.78 is 6.49. The van der Waals surface area contributed by atoms with Crippen molar-refractivity contribution in [3.63, 3.8) is 0 Å². The normalized spacial score (nSPS) is 10.6. The number of hydrogen-bond donors (Lipinski definition) is 0. The summed E-state index contributed by atoms with van der Waals surface area (Å²) in [6.07, 6.45) is 2.68. The van der Waals surface area contributed by atoms with E-state index >= 15 is 0 Å². The second kappa shape index (κ2) is 6.02. The van der Waals surface area contributed by atoms with Gasteiger partial charge in [-0.1, -0.05) is 34.1 Å². The van der Waals surface area contributed by atoms with E-state index in [0.717, 1.165) is 29.2 Å². The predicted octanol–water partition coefficient (Wildman–Crippen LogP) is 2.78. The molecule has 0 spiro atoms. The maximum absolute atomic E-state index is 12.0. The fourth-order valence-corrected chi connectivity index (χ4v) is 2.30. The number of esters is 1. The third kappa shape index (κ3) is 2.71. The number of alkyl halides is 1. The molecule has 100 valence electrons. The molecule has 2 aromatic rings. The van der Waals surface area contributed by atoms with Crippen LogP contribution in [0.15, 0.2) is 30.5 Å². The number of halogens is 1. The molecule has 0 aliphatic heterocycles. The number of methoxy groups -OCH3 is 1. The summed E-state index contributed by atoms with van der Waals surface area (Å²) in [7, 11) is 1.21. The lowest BCUT2D eigenvalue weighted by atomic mass is 10.1. The molecule has 0 unspecified atom stereocenters. The number of nitrogens with zero attached hydrogens (tertiary/aromatic N) is 1. The monoisotopic (exact) mass is 323 g/mol. The highest BCUT2D eigenvalue weighted by Crippen LogP contribution is 2.22. The Morgan fingerprint density at radius 2 is 2.05 bits per heavy atom. The third-order valence-corrected chi connectivity index (χ3v) is 3.50. The number of ketones is 1. The van der Waals surface area contributed by atoms with Gasteiger partial charge in [0.15, 0.2) is 0 Å².